The lowest BCUT2D eigenvalue weighted by atomic mass is 10.1. The molecule has 1 unspecified atom stereocenters. The van der Waals surface area contributed by atoms with E-state index >= 15 is 0 Å². The van der Waals surface area contributed by atoms with E-state index in [9.17, 15) is 9.59 Å². The van der Waals surface area contributed by atoms with Crippen molar-refractivity contribution in [1.29, 1.82) is 0 Å². The molecule has 2 rings (SSSR count). The van der Waals surface area contributed by atoms with Crippen LogP contribution in [0.2, 0.25) is 0 Å². The van der Waals surface area contributed by atoms with Crippen molar-refractivity contribution in [3.8, 4) is 0 Å². The Morgan fingerprint density at radius 3 is 2.70 bits per heavy atom. The second kappa shape index (κ2) is 5.94. The van der Waals surface area contributed by atoms with Gasteiger partial charge in [-0.15, -0.1) is 0 Å². The van der Waals surface area contributed by atoms with E-state index in [2.05, 4.69) is 5.32 Å². The van der Waals surface area contributed by atoms with Crippen LogP contribution in [0.25, 0.3) is 0 Å². The van der Waals surface area contributed by atoms with Gasteiger partial charge in [0.1, 0.15) is 6.04 Å². The van der Waals surface area contributed by atoms with Gasteiger partial charge in [0.25, 0.3) is 0 Å². The summed E-state index contributed by atoms with van der Waals surface area (Å²) in [6.45, 7) is 4.06. The molecule has 1 aromatic carbocycles. The molecule has 0 saturated heterocycles. The van der Waals surface area contributed by atoms with Crippen LogP contribution < -0.4 is 5.32 Å². The van der Waals surface area contributed by atoms with Gasteiger partial charge < -0.3 is 15.3 Å². The van der Waals surface area contributed by atoms with Crippen LogP contribution in [-0.4, -0.2) is 40.5 Å². The van der Waals surface area contributed by atoms with Crippen molar-refractivity contribution in [2.75, 3.05) is 11.9 Å². The predicted molar refractivity (Wildman–Crippen MR) is 76.7 cm³/mol. The minimum atomic E-state index is -0.883. The number of benzene rings is 1. The Labute approximate surface area is 118 Å². The van der Waals surface area contributed by atoms with Crippen LogP contribution in [0.3, 0.4) is 0 Å². The number of carboxylic acid groups (broad SMARTS) is 1. The highest BCUT2D eigenvalue weighted by atomic mass is 16.4. The highest BCUT2D eigenvalue weighted by Gasteiger charge is 2.31. The number of para-hydroxylation sites is 1. The molecule has 0 fully saturated rings. The highest BCUT2D eigenvalue weighted by Crippen LogP contribution is 2.26. The van der Waals surface area contributed by atoms with Crippen molar-refractivity contribution in [3.05, 3.63) is 29.8 Å². The molecule has 108 valence electrons. The zero-order valence-corrected chi connectivity index (χ0v) is 11.8. The van der Waals surface area contributed by atoms with Crippen LogP contribution >= 0.6 is 0 Å². The number of nitrogens with zero attached hydrogens (tertiary/aromatic N) is 1. The van der Waals surface area contributed by atoms with Crippen molar-refractivity contribution in [2.24, 2.45) is 0 Å². The SMILES string of the molecule is CC(C)N(CCC(=O)O)C(=O)C1Cc2ccccc2N1. The zero-order valence-electron chi connectivity index (χ0n) is 11.8. The van der Waals surface area contributed by atoms with Crippen molar-refractivity contribution < 1.29 is 14.7 Å². The highest BCUT2D eigenvalue weighted by molar-refractivity contribution is 5.88. The Morgan fingerprint density at radius 2 is 2.10 bits per heavy atom. The number of carbonyl (C=O) groups is 2. The van der Waals surface area contributed by atoms with E-state index in [0.29, 0.717) is 6.42 Å². The maximum atomic E-state index is 12.5. The quantitative estimate of drug-likeness (QED) is 0.859. The number of hydrogen-bond donors (Lipinski definition) is 2. The molecule has 1 atom stereocenters. The summed E-state index contributed by atoms with van der Waals surface area (Å²) in [6.07, 6.45) is 0.634. The molecule has 1 aliphatic rings. The normalized spacial score (nSPS) is 16.6. The number of carboxylic acids is 1. The third-order valence-electron chi connectivity index (χ3n) is 3.54. The van der Waals surface area contributed by atoms with Crippen LogP contribution in [0.4, 0.5) is 5.69 Å². The van der Waals surface area contributed by atoms with Gasteiger partial charge in [-0.25, -0.2) is 0 Å². The molecule has 0 radical (unpaired) electrons. The Balaban J connectivity index is 2.04. The number of carbonyl (C=O) groups excluding carboxylic acids is 1. The topological polar surface area (TPSA) is 69.6 Å². The number of hydrogen-bond acceptors (Lipinski definition) is 3. The lowest BCUT2D eigenvalue weighted by Crippen LogP contribution is -2.46. The van der Waals surface area contributed by atoms with Crippen LogP contribution in [0.15, 0.2) is 24.3 Å². The second-order valence-corrected chi connectivity index (χ2v) is 5.33. The van der Waals surface area contributed by atoms with E-state index in [-0.39, 0.29) is 31.0 Å². The van der Waals surface area contributed by atoms with Crippen molar-refractivity contribution in [1.82, 2.24) is 4.90 Å². The number of aliphatic carboxylic acids is 1. The summed E-state index contributed by atoms with van der Waals surface area (Å²) in [5, 5.41) is 12.0. The van der Waals surface area contributed by atoms with E-state index in [1.165, 1.54) is 0 Å². The van der Waals surface area contributed by atoms with Gasteiger partial charge in [-0.2, -0.15) is 0 Å². The van der Waals surface area contributed by atoms with E-state index in [1.807, 2.05) is 38.1 Å². The number of fused-ring (bicyclic) bond motifs is 1. The molecule has 2 N–H and O–H groups in total. The van der Waals surface area contributed by atoms with Crippen LogP contribution in [-0.2, 0) is 16.0 Å². The Hall–Kier alpha value is -2.04. The van der Waals surface area contributed by atoms with Crippen molar-refractivity contribution in [2.45, 2.75) is 38.8 Å². The second-order valence-electron chi connectivity index (χ2n) is 5.33. The van der Waals surface area contributed by atoms with Crippen LogP contribution in [0.5, 0.6) is 0 Å². The van der Waals surface area contributed by atoms with Gasteiger partial charge in [0.15, 0.2) is 0 Å². The number of anilines is 1. The monoisotopic (exact) mass is 276 g/mol. The summed E-state index contributed by atoms with van der Waals surface area (Å²) >= 11 is 0. The lowest BCUT2D eigenvalue weighted by molar-refractivity contribution is -0.139. The summed E-state index contributed by atoms with van der Waals surface area (Å²) in [4.78, 5) is 24.9. The summed E-state index contributed by atoms with van der Waals surface area (Å²) in [5.74, 6) is -0.913. The minimum Gasteiger partial charge on any atom is -0.481 e. The van der Waals surface area contributed by atoms with E-state index in [4.69, 9.17) is 5.11 Å². The summed E-state index contributed by atoms with van der Waals surface area (Å²) in [5.41, 5.74) is 2.13. The smallest absolute Gasteiger partial charge is 0.305 e. The molecular formula is C15H20N2O3. The molecule has 1 aliphatic heterocycles. The first-order valence-corrected chi connectivity index (χ1v) is 6.85. The lowest BCUT2D eigenvalue weighted by Gasteiger charge is -2.29. The fourth-order valence-corrected chi connectivity index (χ4v) is 2.49. The van der Waals surface area contributed by atoms with E-state index in [0.717, 1.165) is 11.3 Å². The standard InChI is InChI=1S/C15H20N2O3/c1-10(2)17(8-7-14(18)19)15(20)13-9-11-5-3-4-6-12(11)16-13/h3-6,10,13,16H,7-9H2,1-2H3,(H,18,19). The van der Waals surface area contributed by atoms with Gasteiger partial charge in [-0.3, -0.25) is 9.59 Å². The van der Waals surface area contributed by atoms with Gasteiger partial charge in [-0.05, 0) is 25.5 Å². The number of amides is 1. The minimum absolute atomic E-state index is 0.00707. The average molecular weight is 276 g/mol. The molecule has 1 amide bonds. The predicted octanol–water partition coefficient (Wildman–Crippen LogP) is 1.73. The molecule has 20 heavy (non-hydrogen) atoms. The first kappa shape index (κ1) is 14.4. The van der Waals surface area contributed by atoms with Crippen molar-refractivity contribution >= 4 is 17.6 Å². The summed E-state index contributed by atoms with van der Waals surface area (Å²) in [7, 11) is 0. The van der Waals surface area contributed by atoms with Crippen LogP contribution in [0.1, 0.15) is 25.8 Å². The fourth-order valence-electron chi connectivity index (χ4n) is 2.49. The molecule has 5 nitrogen and oxygen atoms in total. The largest absolute Gasteiger partial charge is 0.481 e. The Bertz CT molecular complexity index is 489. The third-order valence-corrected chi connectivity index (χ3v) is 3.54. The molecule has 1 heterocycles. The van der Waals surface area contributed by atoms with Gasteiger partial charge in [0.05, 0.1) is 6.42 Å². The van der Waals surface area contributed by atoms with Gasteiger partial charge >= 0.3 is 5.97 Å². The number of nitrogens with one attached hydrogen (secondary N) is 1. The first-order valence-electron chi connectivity index (χ1n) is 6.85. The third kappa shape index (κ3) is 3.10. The van der Waals surface area contributed by atoms with Gasteiger partial charge in [-0.1, -0.05) is 18.2 Å². The maximum Gasteiger partial charge on any atom is 0.305 e. The average Bonchev–Trinajstić information content (AvgIpc) is 2.81. The van der Waals surface area contributed by atoms with Crippen molar-refractivity contribution in [3.63, 3.8) is 0 Å². The molecule has 0 bridgehead atoms. The Morgan fingerprint density at radius 1 is 1.40 bits per heavy atom. The molecule has 0 aromatic heterocycles. The maximum absolute atomic E-state index is 12.5. The molecule has 0 spiro atoms. The van der Waals surface area contributed by atoms with Gasteiger partial charge in [0.2, 0.25) is 5.91 Å². The fraction of sp³-hybridized carbons (Fsp3) is 0.467. The molecule has 0 aliphatic carbocycles. The Kier molecular flexibility index (Phi) is 4.27. The molecular weight excluding hydrogens is 256 g/mol. The van der Waals surface area contributed by atoms with Gasteiger partial charge in [0, 0.05) is 24.7 Å². The summed E-state index contributed by atoms with van der Waals surface area (Å²) < 4.78 is 0. The number of rotatable bonds is 5. The first-order chi connectivity index (χ1) is 9.49. The molecule has 5 heteroatoms. The zero-order chi connectivity index (χ0) is 14.7. The van der Waals surface area contributed by atoms with Crippen LogP contribution in [0, 0.1) is 0 Å². The molecule has 0 saturated carbocycles. The van der Waals surface area contributed by atoms with E-state index < -0.39 is 5.97 Å². The van der Waals surface area contributed by atoms with E-state index in [1.54, 1.807) is 4.90 Å². The summed E-state index contributed by atoms with van der Waals surface area (Å²) in [6, 6.07) is 7.56. The molecule has 1 aromatic rings.